The van der Waals surface area contributed by atoms with Gasteiger partial charge in [-0.3, -0.25) is 5.10 Å². The second-order valence-corrected chi connectivity index (χ2v) is 6.12. The number of aromatic nitrogens is 3. The van der Waals surface area contributed by atoms with Crippen molar-refractivity contribution >= 4 is 0 Å². The van der Waals surface area contributed by atoms with Crippen LogP contribution in [-0.4, -0.2) is 21.7 Å². The Bertz CT molecular complexity index is 969. The van der Waals surface area contributed by atoms with E-state index in [1.165, 1.54) is 0 Å². The molecule has 3 aromatic heterocycles. The van der Waals surface area contributed by atoms with E-state index >= 15 is 0 Å². The highest BCUT2D eigenvalue weighted by atomic mass is 16.3. The lowest BCUT2D eigenvalue weighted by Crippen LogP contribution is -2.16. The Morgan fingerprint density at radius 1 is 1.12 bits per heavy atom. The largest absolute Gasteiger partial charge is 0.460 e. The van der Waals surface area contributed by atoms with Crippen LogP contribution in [0.25, 0.3) is 22.9 Å². The first-order valence-corrected chi connectivity index (χ1v) is 8.59. The third-order valence-corrected chi connectivity index (χ3v) is 4.15. The van der Waals surface area contributed by atoms with Crippen molar-refractivity contribution in [1.29, 1.82) is 0 Å². The van der Waals surface area contributed by atoms with Gasteiger partial charge in [0, 0.05) is 30.6 Å². The second-order valence-electron chi connectivity index (χ2n) is 6.12. The van der Waals surface area contributed by atoms with Gasteiger partial charge in [0.05, 0.1) is 11.9 Å². The summed E-state index contributed by atoms with van der Waals surface area (Å²) < 4.78 is 11.2. The molecular weight excluding hydrogens is 328 g/mol. The Hall–Kier alpha value is -3.12. The molecule has 0 saturated heterocycles. The Balaban J connectivity index is 1.31. The van der Waals surface area contributed by atoms with E-state index in [1.807, 2.05) is 55.6 Å². The fourth-order valence-corrected chi connectivity index (χ4v) is 2.80. The summed E-state index contributed by atoms with van der Waals surface area (Å²) in [4.78, 5) is 4.54. The Morgan fingerprint density at radius 2 is 2.00 bits per heavy atom. The maximum atomic E-state index is 5.67. The summed E-state index contributed by atoms with van der Waals surface area (Å²) in [6.45, 7) is 3.43. The van der Waals surface area contributed by atoms with Gasteiger partial charge in [-0.1, -0.05) is 18.2 Å². The Kier molecular flexibility index (Phi) is 4.66. The highest BCUT2D eigenvalue weighted by Gasteiger charge is 2.11. The normalized spacial score (nSPS) is 11.1. The van der Waals surface area contributed by atoms with Crippen LogP contribution >= 0.6 is 0 Å². The zero-order chi connectivity index (χ0) is 17.8. The molecule has 0 atom stereocenters. The lowest BCUT2D eigenvalue weighted by Gasteiger charge is -2.03. The van der Waals surface area contributed by atoms with Crippen molar-refractivity contribution < 1.29 is 8.83 Å². The van der Waals surface area contributed by atoms with Crippen molar-refractivity contribution in [3.05, 3.63) is 71.9 Å². The summed E-state index contributed by atoms with van der Waals surface area (Å²) in [5, 5.41) is 10.6. The van der Waals surface area contributed by atoms with Crippen LogP contribution in [0.15, 0.2) is 63.8 Å². The summed E-state index contributed by atoms with van der Waals surface area (Å²) in [6.07, 6.45) is 4.34. The molecule has 4 aromatic rings. The lowest BCUT2D eigenvalue weighted by molar-refractivity contribution is 0.545. The number of furan rings is 1. The minimum atomic E-state index is 0.658. The third kappa shape index (κ3) is 3.60. The zero-order valence-electron chi connectivity index (χ0n) is 14.5. The first kappa shape index (κ1) is 16.4. The highest BCUT2D eigenvalue weighted by molar-refractivity contribution is 5.56. The number of nitrogens with zero attached hydrogens (tertiary/aromatic N) is 2. The minimum Gasteiger partial charge on any atom is -0.460 e. The molecule has 132 valence electrons. The first-order chi connectivity index (χ1) is 12.8. The minimum absolute atomic E-state index is 0.658. The van der Waals surface area contributed by atoms with Crippen molar-refractivity contribution in [2.75, 3.05) is 6.54 Å². The van der Waals surface area contributed by atoms with Gasteiger partial charge in [-0.15, -0.1) is 0 Å². The van der Waals surface area contributed by atoms with Crippen LogP contribution in [0.4, 0.5) is 0 Å². The molecular formula is C20H20N4O2. The molecule has 6 heteroatoms. The van der Waals surface area contributed by atoms with Crippen LogP contribution in [0.5, 0.6) is 0 Å². The average Bonchev–Trinajstić information content (AvgIpc) is 3.40. The number of rotatable bonds is 7. The van der Waals surface area contributed by atoms with Crippen molar-refractivity contribution in [2.45, 2.75) is 19.9 Å². The van der Waals surface area contributed by atoms with E-state index in [1.54, 1.807) is 6.26 Å². The SMILES string of the molecule is Cc1ccc(-c2[nH]ncc2CNCCc2coc(-c3ccccc3)n2)o1. The molecule has 4 rings (SSSR count). The number of nitrogens with one attached hydrogen (secondary N) is 2. The highest BCUT2D eigenvalue weighted by Crippen LogP contribution is 2.23. The lowest BCUT2D eigenvalue weighted by atomic mass is 10.2. The number of oxazole rings is 1. The molecule has 26 heavy (non-hydrogen) atoms. The van der Waals surface area contributed by atoms with Gasteiger partial charge in [-0.25, -0.2) is 4.98 Å². The summed E-state index contributed by atoms with van der Waals surface area (Å²) in [6, 6.07) is 13.8. The zero-order valence-corrected chi connectivity index (χ0v) is 14.5. The van der Waals surface area contributed by atoms with Gasteiger partial charge in [0.2, 0.25) is 5.89 Å². The van der Waals surface area contributed by atoms with Gasteiger partial charge >= 0.3 is 0 Å². The Labute approximate surface area is 151 Å². The van der Waals surface area contributed by atoms with Gasteiger partial charge in [0.1, 0.15) is 17.7 Å². The molecule has 0 aliphatic rings. The van der Waals surface area contributed by atoms with Gasteiger partial charge in [0.25, 0.3) is 0 Å². The van der Waals surface area contributed by atoms with Crippen LogP contribution in [0.3, 0.4) is 0 Å². The summed E-state index contributed by atoms with van der Waals surface area (Å²) in [5.74, 6) is 2.35. The van der Waals surface area contributed by atoms with E-state index in [9.17, 15) is 0 Å². The number of aryl methyl sites for hydroxylation is 1. The molecule has 6 nitrogen and oxygen atoms in total. The van der Waals surface area contributed by atoms with Crippen LogP contribution in [0.1, 0.15) is 17.0 Å². The quantitative estimate of drug-likeness (QED) is 0.494. The number of hydrogen-bond donors (Lipinski definition) is 2. The number of H-pyrrole nitrogens is 1. The molecule has 1 aromatic carbocycles. The van der Waals surface area contributed by atoms with Crippen LogP contribution in [0.2, 0.25) is 0 Å². The molecule has 0 bridgehead atoms. The van der Waals surface area contributed by atoms with E-state index in [0.717, 1.165) is 47.0 Å². The molecule has 0 unspecified atom stereocenters. The maximum Gasteiger partial charge on any atom is 0.226 e. The van der Waals surface area contributed by atoms with Crippen LogP contribution < -0.4 is 5.32 Å². The smallest absolute Gasteiger partial charge is 0.226 e. The molecule has 0 amide bonds. The summed E-state index contributed by atoms with van der Waals surface area (Å²) in [7, 11) is 0. The van der Waals surface area contributed by atoms with Crippen molar-refractivity contribution in [3.8, 4) is 22.9 Å². The molecule has 0 spiro atoms. The summed E-state index contributed by atoms with van der Waals surface area (Å²) in [5.41, 5.74) is 3.91. The van der Waals surface area contributed by atoms with Gasteiger partial charge in [0.15, 0.2) is 5.76 Å². The van der Waals surface area contributed by atoms with E-state index in [0.29, 0.717) is 12.4 Å². The van der Waals surface area contributed by atoms with E-state index in [2.05, 4.69) is 20.5 Å². The van der Waals surface area contributed by atoms with Crippen molar-refractivity contribution in [2.24, 2.45) is 0 Å². The Morgan fingerprint density at radius 3 is 2.81 bits per heavy atom. The standard InChI is InChI=1S/C20H20N4O2/c1-14-7-8-18(26-14)19-16(12-22-24-19)11-21-10-9-17-13-25-20(23-17)15-5-3-2-4-6-15/h2-8,12-13,21H,9-11H2,1H3,(H,22,24). The molecule has 0 aliphatic heterocycles. The van der Waals surface area contributed by atoms with Crippen LogP contribution in [0, 0.1) is 6.92 Å². The van der Waals surface area contributed by atoms with E-state index < -0.39 is 0 Å². The molecule has 0 aliphatic carbocycles. The molecule has 3 heterocycles. The van der Waals surface area contributed by atoms with Crippen LogP contribution in [-0.2, 0) is 13.0 Å². The fraction of sp³-hybridized carbons (Fsp3) is 0.200. The predicted octanol–water partition coefficient (Wildman–Crippen LogP) is 3.97. The van der Waals surface area contributed by atoms with E-state index in [-0.39, 0.29) is 0 Å². The second kappa shape index (κ2) is 7.41. The third-order valence-electron chi connectivity index (χ3n) is 4.15. The monoisotopic (exact) mass is 348 g/mol. The average molecular weight is 348 g/mol. The number of benzene rings is 1. The van der Waals surface area contributed by atoms with Gasteiger partial charge in [-0.2, -0.15) is 5.10 Å². The molecule has 2 N–H and O–H groups in total. The summed E-state index contributed by atoms with van der Waals surface area (Å²) >= 11 is 0. The molecule has 0 radical (unpaired) electrons. The fourth-order valence-electron chi connectivity index (χ4n) is 2.80. The van der Waals surface area contributed by atoms with Gasteiger partial charge < -0.3 is 14.2 Å². The van der Waals surface area contributed by atoms with E-state index in [4.69, 9.17) is 8.83 Å². The molecule has 0 fully saturated rings. The van der Waals surface area contributed by atoms with Crippen molar-refractivity contribution in [3.63, 3.8) is 0 Å². The first-order valence-electron chi connectivity index (χ1n) is 8.59. The van der Waals surface area contributed by atoms with Crippen molar-refractivity contribution in [1.82, 2.24) is 20.5 Å². The van der Waals surface area contributed by atoms with Gasteiger partial charge in [-0.05, 0) is 31.2 Å². The maximum absolute atomic E-state index is 5.67. The topological polar surface area (TPSA) is 79.9 Å². The number of hydrogen-bond acceptors (Lipinski definition) is 5. The number of aromatic amines is 1. The predicted molar refractivity (Wildman–Crippen MR) is 98.4 cm³/mol. The molecule has 0 saturated carbocycles.